The number of carboxylic acid groups (broad SMARTS) is 1. The standard InChI is InChI=1S/C19H22O3S/c1-2-3-4-7-12-22-17-10-6-5-9-15(17)14-16(19(20)21)18-11-8-13-23-18/h5-6,8-11,13-14H,2-4,7,12H2,1H3,(H,20,21)/b16-14-. The zero-order valence-electron chi connectivity index (χ0n) is 13.3. The fourth-order valence-corrected chi connectivity index (χ4v) is 3.00. The predicted molar refractivity (Wildman–Crippen MR) is 95.9 cm³/mol. The third-order valence-corrected chi connectivity index (χ3v) is 4.39. The zero-order chi connectivity index (χ0) is 16.5. The Morgan fingerprint density at radius 2 is 2.00 bits per heavy atom. The minimum Gasteiger partial charge on any atom is -0.493 e. The Balaban J connectivity index is 2.15. The number of carbonyl (C=O) groups is 1. The molecule has 0 unspecified atom stereocenters. The number of para-hydroxylation sites is 1. The summed E-state index contributed by atoms with van der Waals surface area (Å²) in [5, 5.41) is 11.3. The second kappa shape index (κ2) is 9.16. The summed E-state index contributed by atoms with van der Waals surface area (Å²) in [6.07, 6.45) is 6.27. The Morgan fingerprint density at radius 1 is 1.17 bits per heavy atom. The monoisotopic (exact) mass is 330 g/mol. The van der Waals surface area contributed by atoms with Crippen molar-refractivity contribution in [3.8, 4) is 5.75 Å². The lowest BCUT2D eigenvalue weighted by atomic mass is 10.1. The molecule has 0 radical (unpaired) electrons. The molecular weight excluding hydrogens is 308 g/mol. The van der Waals surface area contributed by atoms with Gasteiger partial charge >= 0.3 is 5.97 Å². The Labute approximate surface area is 141 Å². The number of unbranched alkanes of at least 4 members (excludes halogenated alkanes) is 3. The number of hydrogen-bond donors (Lipinski definition) is 1. The van der Waals surface area contributed by atoms with Crippen molar-refractivity contribution in [1.29, 1.82) is 0 Å². The Morgan fingerprint density at radius 3 is 2.70 bits per heavy atom. The van der Waals surface area contributed by atoms with Crippen molar-refractivity contribution < 1.29 is 14.6 Å². The third-order valence-electron chi connectivity index (χ3n) is 3.49. The quantitative estimate of drug-likeness (QED) is 0.499. The minimum atomic E-state index is -0.926. The van der Waals surface area contributed by atoms with E-state index >= 15 is 0 Å². The molecule has 122 valence electrons. The van der Waals surface area contributed by atoms with Gasteiger partial charge in [0.05, 0.1) is 12.2 Å². The highest BCUT2D eigenvalue weighted by Gasteiger charge is 2.13. The fraction of sp³-hybridized carbons (Fsp3) is 0.316. The van der Waals surface area contributed by atoms with Gasteiger partial charge in [0.1, 0.15) is 5.75 Å². The van der Waals surface area contributed by atoms with Crippen LogP contribution >= 0.6 is 11.3 Å². The van der Waals surface area contributed by atoms with Crippen molar-refractivity contribution in [3.63, 3.8) is 0 Å². The van der Waals surface area contributed by atoms with Gasteiger partial charge in [-0.3, -0.25) is 0 Å². The Kier molecular flexibility index (Phi) is 6.88. The second-order valence-electron chi connectivity index (χ2n) is 5.29. The van der Waals surface area contributed by atoms with Crippen molar-refractivity contribution >= 4 is 29.0 Å². The zero-order valence-corrected chi connectivity index (χ0v) is 14.1. The van der Waals surface area contributed by atoms with Crippen LogP contribution in [0.3, 0.4) is 0 Å². The smallest absolute Gasteiger partial charge is 0.337 e. The van der Waals surface area contributed by atoms with Gasteiger partial charge in [0.15, 0.2) is 0 Å². The van der Waals surface area contributed by atoms with E-state index in [1.54, 1.807) is 6.08 Å². The SMILES string of the molecule is CCCCCCOc1ccccc1/C=C(\C(=O)O)c1cccs1. The van der Waals surface area contributed by atoms with E-state index in [0.717, 1.165) is 29.0 Å². The molecule has 1 aromatic carbocycles. The second-order valence-corrected chi connectivity index (χ2v) is 6.24. The van der Waals surface area contributed by atoms with Gasteiger partial charge in [-0.15, -0.1) is 11.3 Å². The first-order chi connectivity index (χ1) is 11.2. The van der Waals surface area contributed by atoms with E-state index in [9.17, 15) is 9.90 Å². The highest BCUT2D eigenvalue weighted by Crippen LogP contribution is 2.27. The molecule has 4 heteroatoms. The topological polar surface area (TPSA) is 46.5 Å². The van der Waals surface area contributed by atoms with Crippen LogP contribution in [0.15, 0.2) is 41.8 Å². The maximum Gasteiger partial charge on any atom is 0.337 e. The highest BCUT2D eigenvalue weighted by molar-refractivity contribution is 7.11. The Bertz CT molecular complexity index is 644. The molecule has 3 nitrogen and oxygen atoms in total. The first-order valence-corrected chi connectivity index (χ1v) is 8.81. The number of ether oxygens (including phenoxy) is 1. The van der Waals surface area contributed by atoms with Gasteiger partial charge in [0.2, 0.25) is 0 Å². The predicted octanol–water partition coefficient (Wildman–Crippen LogP) is 5.33. The fourth-order valence-electron chi connectivity index (χ4n) is 2.27. The van der Waals surface area contributed by atoms with Crippen molar-refractivity contribution in [2.45, 2.75) is 32.6 Å². The van der Waals surface area contributed by atoms with Crippen molar-refractivity contribution in [1.82, 2.24) is 0 Å². The molecule has 1 aromatic heterocycles. The van der Waals surface area contributed by atoms with Crippen LogP contribution in [0.25, 0.3) is 11.6 Å². The number of carboxylic acids is 1. The van der Waals surface area contributed by atoms with Crippen LogP contribution in [0, 0.1) is 0 Å². The first kappa shape index (κ1) is 17.3. The summed E-state index contributed by atoms with van der Waals surface area (Å²) in [5.74, 6) is -0.190. The molecule has 0 saturated carbocycles. The number of benzene rings is 1. The molecule has 1 N–H and O–H groups in total. The van der Waals surface area contributed by atoms with Crippen LogP contribution < -0.4 is 4.74 Å². The van der Waals surface area contributed by atoms with Gasteiger partial charge in [0.25, 0.3) is 0 Å². The summed E-state index contributed by atoms with van der Waals surface area (Å²) < 4.78 is 5.85. The van der Waals surface area contributed by atoms with Crippen LogP contribution in [0.1, 0.15) is 43.0 Å². The Hall–Kier alpha value is -2.07. The van der Waals surface area contributed by atoms with Gasteiger partial charge in [0, 0.05) is 10.4 Å². The van der Waals surface area contributed by atoms with E-state index in [1.807, 2.05) is 41.8 Å². The lowest BCUT2D eigenvalue weighted by molar-refractivity contribution is -0.130. The third kappa shape index (κ3) is 5.25. The molecule has 2 rings (SSSR count). The molecule has 0 atom stereocenters. The van der Waals surface area contributed by atoms with E-state index in [-0.39, 0.29) is 0 Å². The summed E-state index contributed by atoms with van der Waals surface area (Å²) in [4.78, 5) is 12.3. The molecule has 23 heavy (non-hydrogen) atoms. The lowest BCUT2D eigenvalue weighted by Gasteiger charge is -2.10. The largest absolute Gasteiger partial charge is 0.493 e. The van der Waals surface area contributed by atoms with Gasteiger partial charge in [-0.05, 0) is 30.0 Å². The maximum atomic E-state index is 11.5. The number of aliphatic carboxylic acids is 1. The lowest BCUT2D eigenvalue weighted by Crippen LogP contribution is -2.01. The maximum absolute atomic E-state index is 11.5. The van der Waals surface area contributed by atoms with Crippen molar-refractivity contribution in [2.24, 2.45) is 0 Å². The average molecular weight is 330 g/mol. The van der Waals surface area contributed by atoms with Gasteiger partial charge in [-0.25, -0.2) is 4.79 Å². The van der Waals surface area contributed by atoms with E-state index < -0.39 is 5.97 Å². The molecule has 0 aliphatic heterocycles. The number of hydrogen-bond acceptors (Lipinski definition) is 3. The molecule has 0 saturated heterocycles. The van der Waals surface area contributed by atoms with Gasteiger partial charge in [-0.1, -0.05) is 50.5 Å². The van der Waals surface area contributed by atoms with Crippen LogP contribution in [0.2, 0.25) is 0 Å². The summed E-state index contributed by atoms with van der Waals surface area (Å²) in [5.41, 5.74) is 1.09. The van der Waals surface area contributed by atoms with Crippen LogP contribution in [-0.2, 0) is 4.79 Å². The van der Waals surface area contributed by atoms with Crippen LogP contribution in [-0.4, -0.2) is 17.7 Å². The number of rotatable bonds is 9. The average Bonchev–Trinajstić information content (AvgIpc) is 3.07. The molecule has 0 aliphatic carbocycles. The van der Waals surface area contributed by atoms with E-state index in [0.29, 0.717) is 12.2 Å². The van der Waals surface area contributed by atoms with Crippen LogP contribution in [0.5, 0.6) is 5.75 Å². The highest BCUT2D eigenvalue weighted by atomic mass is 32.1. The van der Waals surface area contributed by atoms with Crippen molar-refractivity contribution in [3.05, 3.63) is 52.2 Å². The first-order valence-electron chi connectivity index (χ1n) is 7.93. The molecule has 0 bridgehead atoms. The van der Waals surface area contributed by atoms with Crippen molar-refractivity contribution in [2.75, 3.05) is 6.61 Å². The summed E-state index contributed by atoms with van der Waals surface area (Å²) in [6.45, 7) is 2.84. The van der Waals surface area contributed by atoms with Crippen LogP contribution in [0.4, 0.5) is 0 Å². The van der Waals surface area contributed by atoms with E-state index in [1.165, 1.54) is 24.2 Å². The van der Waals surface area contributed by atoms with Gasteiger partial charge < -0.3 is 9.84 Å². The van der Waals surface area contributed by atoms with E-state index in [4.69, 9.17) is 4.74 Å². The molecular formula is C19H22O3S. The van der Waals surface area contributed by atoms with Gasteiger partial charge in [-0.2, -0.15) is 0 Å². The summed E-state index contributed by atoms with van der Waals surface area (Å²) in [7, 11) is 0. The molecule has 0 spiro atoms. The normalized spacial score (nSPS) is 11.4. The molecule has 1 heterocycles. The summed E-state index contributed by atoms with van der Waals surface area (Å²) >= 11 is 1.42. The molecule has 0 aliphatic rings. The minimum absolute atomic E-state index is 0.294. The molecule has 0 fully saturated rings. The molecule has 2 aromatic rings. The molecule has 0 amide bonds. The summed E-state index contributed by atoms with van der Waals surface area (Å²) in [6, 6.07) is 11.2. The number of thiophene rings is 1. The van der Waals surface area contributed by atoms with E-state index in [2.05, 4.69) is 6.92 Å².